The summed E-state index contributed by atoms with van der Waals surface area (Å²) in [5.41, 5.74) is 8.32. The topological polar surface area (TPSA) is 125 Å². The van der Waals surface area contributed by atoms with Gasteiger partial charge >= 0.3 is 5.97 Å². The number of benzene rings is 1. The highest BCUT2D eigenvalue weighted by Gasteiger charge is 2.39. The molecule has 4 rings (SSSR count). The van der Waals surface area contributed by atoms with Gasteiger partial charge < -0.3 is 20.3 Å². The minimum absolute atomic E-state index is 0.132. The van der Waals surface area contributed by atoms with Crippen LogP contribution in [-0.2, 0) is 9.47 Å². The number of ether oxygens (including phenoxy) is 2. The van der Waals surface area contributed by atoms with Crippen LogP contribution in [0, 0.1) is 0 Å². The second kappa shape index (κ2) is 10.1. The number of aliphatic hydroxyl groups excluding tert-OH is 1. The highest BCUT2D eigenvalue weighted by molar-refractivity contribution is 8.76. The number of nitrogens with zero attached hydrogens (tertiary/aromatic N) is 4. The van der Waals surface area contributed by atoms with Crippen molar-refractivity contribution in [3.05, 3.63) is 48.0 Å². The van der Waals surface area contributed by atoms with E-state index in [1.54, 1.807) is 38.5 Å². The molecule has 0 radical (unpaired) electrons. The summed E-state index contributed by atoms with van der Waals surface area (Å²) in [7, 11) is 3.47. The van der Waals surface area contributed by atoms with Crippen molar-refractivity contribution >= 4 is 44.5 Å². The Bertz CT molecular complexity index is 1090. The molecule has 1 aliphatic heterocycles. The van der Waals surface area contributed by atoms with Gasteiger partial charge in [0, 0.05) is 17.4 Å². The number of fused-ring (bicyclic) bond motifs is 1. The average Bonchev–Trinajstić information content (AvgIpc) is 3.42. The molecule has 1 fully saturated rings. The van der Waals surface area contributed by atoms with E-state index in [0.717, 1.165) is 11.3 Å². The zero-order chi connectivity index (χ0) is 22.7. The van der Waals surface area contributed by atoms with E-state index in [1.807, 2.05) is 18.2 Å². The lowest BCUT2D eigenvalue weighted by molar-refractivity contribution is -0.0500. The van der Waals surface area contributed by atoms with Crippen LogP contribution in [0.5, 0.6) is 0 Å². The Morgan fingerprint density at radius 3 is 2.97 bits per heavy atom. The third-order valence-corrected chi connectivity index (χ3v) is 8.16. The first-order chi connectivity index (χ1) is 15.5. The number of rotatable bonds is 8. The van der Waals surface area contributed by atoms with Crippen molar-refractivity contribution in [2.75, 3.05) is 18.1 Å². The number of carbonyl (C=O) groups excluding carboxylic acids is 1. The van der Waals surface area contributed by atoms with Crippen LogP contribution in [0.4, 0.5) is 5.82 Å². The molecule has 4 atom stereocenters. The number of aromatic nitrogens is 4. The van der Waals surface area contributed by atoms with Gasteiger partial charge in [0.25, 0.3) is 0 Å². The molecule has 1 aromatic carbocycles. The normalized spacial score (nSPS) is 21.7. The maximum atomic E-state index is 13.1. The molecule has 11 heteroatoms. The number of anilines is 1. The Labute approximate surface area is 193 Å². The number of nitrogens with two attached hydrogens (primary N) is 1. The van der Waals surface area contributed by atoms with Gasteiger partial charge in [-0.1, -0.05) is 46.7 Å². The van der Waals surface area contributed by atoms with Crippen molar-refractivity contribution in [1.82, 2.24) is 19.5 Å². The largest absolute Gasteiger partial charge is 0.456 e. The fourth-order valence-electron chi connectivity index (χ4n) is 3.70. The van der Waals surface area contributed by atoms with E-state index in [4.69, 9.17) is 15.2 Å². The first-order valence-corrected chi connectivity index (χ1v) is 12.7. The lowest BCUT2D eigenvalue weighted by atomic mass is 10.0. The molecule has 2 aromatic heterocycles. The second-order valence-electron chi connectivity index (χ2n) is 7.31. The maximum Gasteiger partial charge on any atom is 0.338 e. The standard InChI is InChI=1S/C21H25N5O4S2/c1-3-31-32-12(2)13-6-4-5-7-14(13)21(28)30-15-8-17(29-16(15)9-27)26-11-25-18-19(22)23-10-24-20(18)26/h4-7,10-12,15-17,27H,3,8-9H2,1-2H3,(H2,22,23,24)/t12?,15?,16-,17-/m1/s1. The number of aliphatic hydroxyl groups is 1. The molecule has 170 valence electrons. The van der Waals surface area contributed by atoms with Crippen molar-refractivity contribution in [2.45, 2.75) is 44.0 Å². The van der Waals surface area contributed by atoms with E-state index in [0.29, 0.717) is 23.1 Å². The van der Waals surface area contributed by atoms with Crippen LogP contribution >= 0.6 is 21.6 Å². The Hall–Kier alpha value is -2.34. The van der Waals surface area contributed by atoms with Gasteiger partial charge in [-0.15, -0.1) is 0 Å². The summed E-state index contributed by atoms with van der Waals surface area (Å²) >= 11 is 0. The number of hydrogen-bond acceptors (Lipinski definition) is 10. The zero-order valence-electron chi connectivity index (χ0n) is 17.7. The first-order valence-electron chi connectivity index (χ1n) is 10.3. The highest BCUT2D eigenvalue weighted by atomic mass is 33.1. The number of imidazole rings is 1. The summed E-state index contributed by atoms with van der Waals surface area (Å²) < 4.78 is 13.5. The molecule has 1 aliphatic rings. The van der Waals surface area contributed by atoms with Crippen LogP contribution in [0.3, 0.4) is 0 Å². The first kappa shape index (κ1) is 22.8. The van der Waals surface area contributed by atoms with Gasteiger partial charge in [-0.25, -0.2) is 19.7 Å². The van der Waals surface area contributed by atoms with E-state index >= 15 is 0 Å². The van der Waals surface area contributed by atoms with Gasteiger partial charge in [-0.3, -0.25) is 4.57 Å². The molecule has 0 amide bonds. The molecule has 3 aromatic rings. The van der Waals surface area contributed by atoms with Crippen molar-refractivity contribution < 1.29 is 19.4 Å². The van der Waals surface area contributed by atoms with Crippen LogP contribution in [-0.4, -0.2) is 55.2 Å². The average molecular weight is 476 g/mol. The van der Waals surface area contributed by atoms with Crippen LogP contribution in [0.15, 0.2) is 36.9 Å². The van der Waals surface area contributed by atoms with Gasteiger partial charge in [-0.05, 0) is 18.6 Å². The predicted molar refractivity (Wildman–Crippen MR) is 125 cm³/mol. The third-order valence-electron chi connectivity index (χ3n) is 5.27. The number of carbonyl (C=O) groups is 1. The van der Waals surface area contributed by atoms with Gasteiger partial charge in [0.15, 0.2) is 11.5 Å². The van der Waals surface area contributed by atoms with E-state index in [1.165, 1.54) is 6.33 Å². The fraction of sp³-hybridized carbons (Fsp3) is 0.429. The Balaban J connectivity index is 1.52. The fourth-order valence-corrected chi connectivity index (χ4v) is 5.68. The molecule has 3 N–H and O–H groups in total. The summed E-state index contributed by atoms with van der Waals surface area (Å²) in [6, 6.07) is 7.46. The van der Waals surface area contributed by atoms with Crippen molar-refractivity contribution in [2.24, 2.45) is 0 Å². The highest BCUT2D eigenvalue weighted by Crippen LogP contribution is 2.39. The summed E-state index contributed by atoms with van der Waals surface area (Å²) in [6.07, 6.45) is 1.50. The smallest absolute Gasteiger partial charge is 0.338 e. The molecular weight excluding hydrogens is 450 g/mol. The molecule has 0 aliphatic carbocycles. The molecule has 0 bridgehead atoms. The summed E-state index contributed by atoms with van der Waals surface area (Å²) in [6.45, 7) is 3.89. The Morgan fingerprint density at radius 1 is 1.38 bits per heavy atom. The van der Waals surface area contributed by atoms with Crippen LogP contribution in [0.1, 0.15) is 47.7 Å². The van der Waals surface area contributed by atoms with Crippen molar-refractivity contribution in [3.8, 4) is 0 Å². The predicted octanol–water partition coefficient (Wildman–Crippen LogP) is 3.38. The van der Waals surface area contributed by atoms with Gasteiger partial charge in [-0.2, -0.15) is 0 Å². The van der Waals surface area contributed by atoms with Gasteiger partial charge in [0.2, 0.25) is 0 Å². The molecule has 1 saturated heterocycles. The quantitative estimate of drug-likeness (QED) is 0.370. The summed E-state index contributed by atoms with van der Waals surface area (Å²) in [5, 5.41) is 9.97. The number of hydrogen-bond donors (Lipinski definition) is 2. The Kier molecular flexibility index (Phi) is 7.19. The van der Waals surface area contributed by atoms with Crippen molar-refractivity contribution in [1.29, 1.82) is 0 Å². The van der Waals surface area contributed by atoms with Crippen LogP contribution in [0.2, 0.25) is 0 Å². The van der Waals surface area contributed by atoms with E-state index in [9.17, 15) is 9.90 Å². The molecule has 0 spiro atoms. The number of nitrogen functional groups attached to an aromatic ring is 1. The van der Waals surface area contributed by atoms with Gasteiger partial charge in [0.1, 0.15) is 30.3 Å². The zero-order valence-corrected chi connectivity index (χ0v) is 19.4. The lowest BCUT2D eigenvalue weighted by Crippen LogP contribution is -2.30. The summed E-state index contributed by atoms with van der Waals surface area (Å²) in [4.78, 5) is 25.5. The molecule has 0 saturated carbocycles. The minimum Gasteiger partial charge on any atom is -0.456 e. The molecule has 2 unspecified atom stereocenters. The molecule has 32 heavy (non-hydrogen) atoms. The van der Waals surface area contributed by atoms with E-state index in [-0.39, 0.29) is 17.7 Å². The monoisotopic (exact) mass is 475 g/mol. The minimum atomic E-state index is -0.657. The van der Waals surface area contributed by atoms with Crippen LogP contribution in [0.25, 0.3) is 11.2 Å². The molecule has 9 nitrogen and oxygen atoms in total. The summed E-state index contributed by atoms with van der Waals surface area (Å²) in [5.74, 6) is 0.836. The Morgan fingerprint density at radius 2 is 2.19 bits per heavy atom. The second-order valence-corrected chi connectivity index (χ2v) is 10.3. The maximum absolute atomic E-state index is 13.1. The number of esters is 1. The lowest BCUT2D eigenvalue weighted by Gasteiger charge is -2.19. The third kappa shape index (κ3) is 4.56. The van der Waals surface area contributed by atoms with E-state index in [2.05, 4.69) is 28.8 Å². The van der Waals surface area contributed by atoms with Gasteiger partial charge in [0.05, 0.1) is 18.5 Å². The van der Waals surface area contributed by atoms with Crippen molar-refractivity contribution in [3.63, 3.8) is 0 Å². The van der Waals surface area contributed by atoms with Crippen LogP contribution < -0.4 is 5.73 Å². The molecule has 3 heterocycles. The van der Waals surface area contributed by atoms with E-state index < -0.39 is 24.4 Å². The SMILES string of the molecule is CCSSC(C)c1ccccc1C(=O)OC1C[C@H](n2cnc3c(N)ncnc32)O[C@@H]1CO. The molecular formula is C21H25N5O4S2.